The Bertz CT molecular complexity index is 2570. The molecule has 2 amide bonds. The molecule has 5 saturated heterocycles. The largest absolute Gasteiger partial charge is 0.477 e. The van der Waals surface area contributed by atoms with Gasteiger partial charge in [-0.2, -0.15) is 0 Å². The van der Waals surface area contributed by atoms with Crippen molar-refractivity contribution in [3.05, 3.63) is 24.3 Å². The molecule has 10 unspecified atom stereocenters. The van der Waals surface area contributed by atoms with Gasteiger partial charge < -0.3 is 150 Å². The smallest absolute Gasteiger partial charge is 0.364 e. The molecule has 112 heavy (non-hydrogen) atoms. The third-order valence-corrected chi connectivity index (χ3v) is 21.8. The van der Waals surface area contributed by atoms with Crippen LogP contribution in [0.25, 0.3) is 0 Å². The Kier molecular flexibility index (Phi) is 48.6. The van der Waals surface area contributed by atoms with Gasteiger partial charge in [0.1, 0.15) is 122 Å². The highest BCUT2D eigenvalue weighted by Gasteiger charge is 2.62. The first-order valence-corrected chi connectivity index (χ1v) is 41.8. The summed E-state index contributed by atoms with van der Waals surface area (Å²) in [6.45, 7) is -0.609. The van der Waals surface area contributed by atoms with Crippen LogP contribution in [0.1, 0.15) is 245 Å². The van der Waals surface area contributed by atoms with Gasteiger partial charge in [0.2, 0.25) is 11.8 Å². The van der Waals surface area contributed by atoms with Gasteiger partial charge in [0.25, 0.3) is 5.79 Å². The number of aliphatic hydroxyl groups is 17. The fourth-order valence-corrected chi connectivity index (χ4v) is 15.0. The fraction of sp³-hybridized carbons (Fsp3) is 0.911. The van der Waals surface area contributed by atoms with Crippen LogP contribution in [0.2, 0.25) is 0 Å². The summed E-state index contributed by atoms with van der Waals surface area (Å²) in [6.07, 6.45) is -6.76. The van der Waals surface area contributed by atoms with Crippen LogP contribution in [-0.2, 0) is 61.8 Å². The van der Waals surface area contributed by atoms with Crippen molar-refractivity contribution in [2.75, 3.05) is 39.6 Å². The SMILES string of the molecule is CCCCCCCC/C=C\CCCCCCCCCCCCCCCC(=O)N[C@@H](CO[C@@H]1OC(CO)[C@@H](O[C@@H]2OC(CO)[C@H](O[C@@H]3OC(CO)[C@H](O)[C@H](O[C@@H]4OC(CO)[C@H](O)[C@H](O)C4O)C3NC(C)=O)[C@H](O[C@]3(C(=O)O)CC(O)[C@@H](O)C([C@H](O)[C@H](O)CO)O3)C2O)[C@H](O)C1O)[C@H](O)/C=C/CCCCCCCCCCCCC. The molecule has 5 heterocycles. The van der Waals surface area contributed by atoms with E-state index in [1.807, 2.05) is 6.08 Å². The lowest BCUT2D eigenvalue weighted by atomic mass is 9.90. The number of allylic oxidation sites excluding steroid dienone is 3. The summed E-state index contributed by atoms with van der Waals surface area (Å²) in [5, 5.41) is 204. The minimum atomic E-state index is -3.38. The van der Waals surface area contributed by atoms with Crippen LogP contribution in [0.3, 0.4) is 0 Å². The third-order valence-electron chi connectivity index (χ3n) is 21.8. The van der Waals surface area contributed by atoms with Gasteiger partial charge in [-0.25, -0.2) is 4.79 Å². The molecule has 33 nitrogen and oxygen atoms in total. The number of hydrogen-bond donors (Lipinski definition) is 20. The highest BCUT2D eigenvalue weighted by atomic mass is 16.8. The van der Waals surface area contributed by atoms with E-state index in [9.17, 15) is 106 Å². The average molecular weight is 1620 g/mol. The zero-order valence-corrected chi connectivity index (χ0v) is 66.2. The second-order valence-corrected chi connectivity index (χ2v) is 31.0. The first-order chi connectivity index (χ1) is 53.9. The molecular formula is C79H142N2O31. The molecule has 5 fully saturated rings. The second kappa shape index (κ2) is 54.8. The number of rotatable bonds is 58. The number of amides is 2. The Morgan fingerprint density at radius 1 is 0.464 bits per heavy atom. The summed E-state index contributed by atoms with van der Waals surface area (Å²) in [6, 6.07) is -3.03. The van der Waals surface area contributed by atoms with Crippen LogP contribution in [0.5, 0.6) is 0 Å². The molecule has 0 radical (unpaired) electrons. The topological polar surface area (TPSA) is 532 Å². The highest BCUT2D eigenvalue weighted by Crippen LogP contribution is 2.41. The van der Waals surface area contributed by atoms with Gasteiger partial charge in [0.15, 0.2) is 25.2 Å². The zero-order valence-electron chi connectivity index (χ0n) is 66.2. The maximum absolute atomic E-state index is 13.7. The van der Waals surface area contributed by atoms with Gasteiger partial charge >= 0.3 is 5.97 Å². The second-order valence-electron chi connectivity index (χ2n) is 31.0. The van der Waals surface area contributed by atoms with Crippen LogP contribution >= 0.6 is 0 Å². The van der Waals surface area contributed by atoms with Crippen molar-refractivity contribution in [1.82, 2.24) is 10.6 Å². The first kappa shape index (κ1) is 99.4. The lowest BCUT2D eigenvalue weighted by molar-refractivity contribution is -0.406. The van der Waals surface area contributed by atoms with Gasteiger partial charge in [-0.15, -0.1) is 0 Å². The van der Waals surface area contributed by atoms with E-state index >= 15 is 0 Å². The van der Waals surface area contributed by atoms with Crippen molar-refractivity contribution >= 4 is 17.8 Å². The predicted octanol–water partition coefficient (Wildman–Crippen LogP) is 1.71. The van der Waals surface area contributed by atoms with E-state index in [-0.39, 0.29) is 12.3 Å². The van der Waals surface area contributed by atoms with Gasteiger partial charge in [-0.3, -0.25) is 9.59 Å². The first-order valence-electron chi connectivity index (χ1n) is 41.8. The van der Waals surface area contributed by atoms with Crippen LogP contribution in [0.4, 0.5) is 0 Å². The van der Waals surface area contributed by atoms with Gasteiger partial charge in [-0.1, -0.05) is 205 Å². The Morgan fingerprint density at radius 2 is 0.893 bits per heavy atom. The number of nitrogens with one attached hydrogen (secondary N) is 2. The molecule has 0 spiro atoms. The fourth-order valence-electron chi connectivity index (χ4n) is 15.0. The summed E-state index contributed by atoms with van der Waals surface area (Å²) < 4.78 is 59.6. The Morgan fingerprint density at radius 3 is 1.39 bits per heavy atom. The van der Waals surface area contributed by atoms with Crippen molar-refractivity contribution < 1.29 is 154 Å². The summed E-state index contributed by atoms with van der Waals surface area (Å²) in [7, 11) is 0. The molecule has 654 valence electrons. The molecule has 5 aliphatic rings. The molecule has 0 aromatic rings. The summed E-state index contributed by atoms with van der Waals surface area (Å²) in [5.74, 6) is -6.84. The van der Waals surface area contributed by atoms with Crippen molar-refractivity contribution in [2.24, 2.45) is 0 Å². The number of carbonyl (C=O) groups excluding carboxylic acids is 2. The number of aliphatic hydroxyl groups excluding tert-OH is 17. The number of carboxylic acids is 1. The number of ether oxygens (including phenoxy) is 10. The molecule has 5 aliphatic heterocycles. The molecule has 0 saturated carbocycles. The summed E-state index contributed by atoms with van der Waals surface area (Å²) in [5.41, 5.74) is 0. The minimum Gasteiger partial charge on any atom is -0.477 e. The van der Waals surface area contributed by atoms with Crippen molar-refractivity contribution in [3.8, 4) is 0 Å². The lowest BCUT2D eigenvalue weighted by Gasteiger charge is -2.52. The van der Waals surface area contributed by atoms with Crippen molar-refractivity contribution in [2.45, 2.75) is 417 Å². The Balaban J connectivity index is 1.29. The number of unbranched alkanes of at least 4 members (excludes halogenated alkanes) is 30. The molecular weight excluding hydrogens is 1470 g/mol. The molecule has 20 N–H and O–H groups in total. The number of carboxylic acid groups (broad SMARTS) is 1. The summed E-state index contributed by atoms with van der Waals surface area (Å²) >= 11 is 0. The van der Waals surface area contributed by atoms with Crippen LogP contribution in [-0.4, -0.2) is 321 Å². The number of aliphatic carboxylic acids is 1. The molecule has 28 atom stereocenters. The summed E-state index contributed by atoms with van der Waals surface area (Å²) in [4.78, 5) is 40.3. The van der Waals surface area contributed by atoms with Gasteiger partial charge in [0.05, 0.1) is 57.9 Å². The van der Waals surface area contributed by atoms with E-state index in [2.05, 4.69) is 36.6 Å². The standard InChI is InChI=1S/C79H142N2O31/c1-4-6-8-10-12-14-16-18-19-20-21-22-23-24-25-26-27-29-31-33-35-37-39-41-58(91)81-50(51(88)40-38-36-34-32-30-28-17-15-13-11-9-7-5-2)48-103-75-67(99)65(97)69(56(46-85)106-75)108-77-68(100)73(112-79(78(101)102)42-52(89)60(92)72(111-79)61(93)53(90)43-82)70(57(47-86)107-77)109-74-59(80-49(3)87)71(63(95)55(45-84)104-74)110-76-66(98)64(96)62(94)54(44-83)105-76/h18-19,38,40,50-57,59-77,82-86,88-90,92-100H,4-17,20-37,39,41-48H2,1-3H3,(H,80,87)(H,81,91)(H,101,102)/b19-18-,40-38+/t50-,51+,52?,53+,54?,55?,56?,57?,59?,60+,61+,62-,63-,64-,65+,66?,67?,68?,69+,70-,71+,72?,73+,74-,75+,76-,77-,79-/m0/s1. The normalized spacial score (nSPS) is 33.7. The molecule has 5 rings (SSSR count). The van der Waals surface area contributed by atoms with E-state index in [0.717, 1.165) is 64.7 Å². The minimum absolute atomic E-state index is 0.136. The number of hydrogen-bond acceptors (Lipinski definition) is 30. The molecule has 0 aromatic carbocycles. The highest BCUT2D eigenvalue weighted by molar-refractivity contribution is 5.76. The zero-order chi connectivity index (χ0) is 82.1. The van der Waals surface area contributed by atoms with E-state index in [1.54, 1.807) is 6.08 Å². The van der Waals surface area contributed by atoms with Gasteiger partial charge in [-0.05, 0) is 44.9 Å². The monoisotopic (exact) mass is 1610 g/mol. The Hall–Kier alpha value is -3.19. The maximum atomic E-state index is 13.7. The maximum Gasteiger partial charge on any atom is 0.364 e. The van der Waals surface area contributed by atoms with Crippen molar-refractivity contribution in [3.63, 3.8) is 0 Å². The quantitative estimate of drug-likeness (QED) is 0.0304. The molecule has 33 heteroatoms. The van der Waals surface area contributed by atoms with E-state index in [4.69, 9.17) is 47.4 Å². The van der Waals surface area contributed by atoms with E-state index in [0.29, 0.717) is 12.8 Å². The number of carbonyl (C=O) groups is 3. The molecule has 0 aromatic heterocycles. The average Bonchev–Trinajstić information content (AvgIpc) is 0.750. The van der Waals surface area contributed by atoms with Gasteiger partial charge in [0, 0.05) is 19.8 Å². The van der Waals surface area contributed by atoms with E-state index < -0.39 is 229 Å². The Labute approximate surface area is 660 Å². The lowest BCUT2D eigenvalue weighted by Crippen LogP contribution is -2.71. The van der Waals surface area contributed by atoms with Crippen molar-refractivity contribution in [1.29, 1.82) is 0 Å². The van der Waals surface area contributed by atoms with Crippen LogP contribution < -0.4 is 10.6 Å². The molecule has 0 bridgehead atoms. The molecule has 0 aliphatic carbocycles. The van der Waals surface area contributed by atoms with E-state index in [1.165, 1.54) is 141 Å². The third kappa shape index (κ3) is 32.2. The predicted molar refractivity (Wildman–Crippen MR) is 404 cm³/mol. The van der Waals surface area contributed by atoms with Crippen LogP contribution in [0, 0.1) is 0 Å². The van der Waals surface area contributed by atoms with Crippen LogP contribution in [0.15, 0.2) is 24.3 Å².